The Morgan fingerprint density at radius 2 is 1.76 bits per heavy atom. The molecule has 0 radical (unpaired) electrons. The van der Waals surface area contributed by atoms with E-state index in [2.05, 4.69) is 37.9 Å². The Labute approximate surface area is 139 Å². The fourth-order valence-electron chi connectivity index (χ4n) is 2.21. The van der Waals surface area contributed by atoms with Crippen molar-refractivity contribution in [3.8, 4) is 0 Å². The molecule has 1 aromatic rings. The molecular formula is C16H26Cl2N2O. The van der Waals surface area contributed by atoms with Crippen LogP contribution in [0.3, 0.4) is 0 Å². The zero-order valence-electron chi connectivity index (χ0n) is 13.2. The van der Waals surface area contributed by atoms with Crippen molar-refractivity contribution < 1.29 is 4.79 Å². The summed E-state index contributed by atoms with van der Waals surface area (Å²) in [5.41, 5.74) is 0.747. The molecule has 0 spiro atoms. The van der Waals surface area contributed by atoms with E-state index in [1.807, 2.05) is 12.1 Å². The minimum atomic E-state index is 0. The molecule has 1 rings (SSSR count). The lowest BCUT2D eigenvalue weighted by atomic mass is 10.1. The van der Waals surface area contributed by atoms with Gasteiger partial charge in [-0.2, -0.15) is 0 Å². The van der Waals surface area contributed by atoms with Crippen LogP contribution in [0.4, 0.5) is 5.69 Å². The number of nitrogens with zero attached hydrogens (tertiary/aromatic N) is 1. The average molecular weight is 333 g/mol. The van der Waals surface area contributed by atoms with Gasteiger partial charge >= 0.3 is 0 Å². The predicted molar refractivity (Wildman–Crippen MR) is 93.4 cm³/mol. The standard InChI is InChI=1S/C16H25ClN2O.ClH/c1-12(2)9-19(10-13(3)4)11-16(20)18-15-7-5-6-14(17)8-15;/h5-8,12-13H,9-11H2,1-4H3,(H,18,20);1H. The number of hydrogen-bond acceptors (Lipinski definition) is 2. The molecule has 0 aromatic heterocycles. The Bertz CT molecular complexity index is 426. The van der Waals surface area contributed by atoms with Gasteiger partial charge in [-0.25, -0.2) is 0 Å². The Morgan fingerprint density at radius 1 is 1.19 bits per heavy atom. The highest BCUT2D eigenvalue weighted by atomic mass is 35.5. The van der Waals surface area contributed by atoms with Crippen LogP contribution >= 0.6 is 24.0 Å². The maximum atomic E-state index is 12.1. The first kappa shape index (κ1) is 20.2. The van der Waals surface area contributed by atoms with Crippen LogP contribution < -0.4 is 5.32 Å². The van der Waals surface area contributed by atoms with Crippen molar-refractivity contribution in [2.75, 3.05) is 25.0 Å². The van der Waals surface area contributed by atoms with Crippen LogP contribution in [-0.2, 0) is 4.79 Å². The molecular weight excluding hydrogens is 307 g/mol. The summed E-state index contributed by atoms with van der Waals surface area (Å²) in [5, 5.41) is 3.52. The second-order valence-electron chi connectivity index (χ2n) is 6.04. The third kappa shape index (κ3) is 8.97. The highest BCUT2D eigenvalue weighted by Crippen LogP contribution is 2.15. The summed E-state index contributed by atoms with van der Waals surface area (Å²) in [7, 11) is 0. The van der Waals surface area contributed by atoms with E-state index in [1.54, 1.807) is 12.1 Å². The summed E-state index contributed by atoms with van der Waals surface area (Å²) >= 11 is 5.91. The van der Waals surface area contributed by atoms with Crippen molar-refractivity contribution in [3.63, 3.8) is 0 Å². The van der Waals surface area contributed by atoms with Crippen molar-refractivity contribution in [2.24, 2.45) is 11.8 Å². The SMILES string of the molecule is CC(C)CN(CC(=O)Nc1cccc(Cl)c1)CC(C)C.Cl. The van der Waals surface area contributed by atoms with E-state index in [9.17, 15) is 4.79 Å². The summed E-state index contributed by atoms with van der Waals surface area (Å²) in [6.45, 7) is 11.0. The van der Waals surface area contributed by atoms with E-state index in [4.69, 9.17) is 11.6 Å². The zero-order chi connectivity index (χ0) is 15.1. The van der Waals surface area contributed by atoms with Gasteiger partial charge in [-0.1, -0.05) is 45.4 Å². The molecule has 3 nitrogen and oxygen atoms in total. The molecule has 0 saturated carbocycles. The minimum absolute atomic E-state index is 0. The lowest BCUT2D eigenvalue weighted by molar-refractivity contribution is -0.117. The monoisotopic (exact) mass is 332 g/mol. The highest BCUT2D eigenvalue weighted by Gasteiger charge is 2.13. The normalized spacial score (nSPS) is 10.9. The first-order valence-corrected chi connectivity index (χ1v) is 7.52. The van der Waals surface area contributed by atoms with Crippen molar-refractivity contribution >= 4 is 35.6 Å². The van der Waals surface area contributed by atoms with Crippen LogP contribution in [0.2, 0.25) is 5.02 Å². The first-order valence-electron chi connectivity index (χ1n) is 7.14. The Kier molecular flexibility index (Phi) is 9.67. The van der Waals surface area contributed by atoms with Crippen LogP contribution in [0.5, 0.6) is 0 Å². The van der Waals surface area contributed by atoms with Gasteiger partial charge in [-0.05, 0) is 30.0 Å². The van der Waals surface area contributed by atoms with Crippen molar-refractivity contribution in [2.45, 2.75) is 27.7 Å². The fourth-order valence-corrected chi connectivity index (χ4v) is 2.40. The lowest BCUT2D eigenvalue weighted by Gasteiger charge is -2.25. The van der Waals surface area contributed by atoms with Crippen LogP contribution in [0.15, 0.2) is 24.3 Å². The topological polar surface area (TPSA) is 32.3 Å². The van der Waals surface area contributed by atoms with E-state index >= 15 is 0 Å². The summed E-state index contributed by atoms with van der Waals surface area (Å²) < 4.78 is 0. The average Bonchev–Trinajstić information content (AvgIpc) is 2.26. The molecule has 0 aliphatic rings. The molecule has 0 bridgehead atoms. The highest BCUT2D eigenvalue weighted by molar-refractivity contribution is 6.30. The fraction of sp³-hybridized carbons (Fsp3) is 0.562. The molecule has 21 heavy (non-hydrogen) atoms. The molecule has 1 aromatic carbocycles. The second-order valence-corrected chi connectivity index (χ2v) is 6.48. The molecule has 0 atom stereocenters. The number of halogens is 2. The maximum absolute atomic E-state index is 12.1. The third-order valence-electron chi connectivity index (χ3n) is 2.72. The van der Waals surface area contributed by atoms with E-state index in [0.717, 1.165) is 18.8 Å². The van der Waals surface area contributed by atoms with E-state index in [0.29, 0.717) is 23.4 Å². The minimum Gasteiger partial charge on any atom is -0.325 e. The van der Waals surface area contributed by atoms with Crippen molar-refractivity contribution in [1.29, 1.82) is 0 Å². The number of anilines is 1. The van der Waals surface area contributed by atoms with Crippen molar-refractivity contribution in [3.05, 3.63) is 29.3 Å². The van der Waals surface area contributed by atoms with E-state index in [-0.39, 0.29) is 18.3 Å². The summed E-state index contributed by atoms with van der Waals surface area (Å²) in [6, 6.07) is 7.23. The van der Waals surface area contributed by atoms with Crippen LogP contribution in [0.1, 0.15) is 27.7 Å². The van der Waals surface area contributed by atoms with Crippen LogP contribution in [0, 0.1) is 11.8 Å². The Balaban J connectivity index is 0.00000400. The molecule has 120 valence electrons. The van der Waals surface area contributed by atoms with Crippen molar-refractivity contribution in [1.82, 2.24) is 4.90 Å². The Hall–Kier alpha value is -0.770. The first-order chi connectivity index (χ1) is 9.36. The largest absolute Gasteiger partial charge is 0.325 e. The lowest BCUT2D eigenvalue weighted by Crippen LogP contribution is -2.38. The summed E-state index contributed by atoms with van der Waals surface area (Å²) in [5.74, 6) is 1.11. The second kappa shape index (κ2) is 10.0. The van der Waals surface area contributed by atoms with E-state index in [1.165, 1.54) is 0 Å². The van der Waals surface area contributed by atoms with Gasteiger partial charge in [0.25, 0.3) is 0 Å². The number of nitrogens with one attached hydrogen (secondary N) is 1. The van der Waals surface area contributed by atoms with Crippen LogP contribution in [-0.4, -0.2) is 30.4 Å². The molecule has 0 aliphatic carbocycles. The van der Waals surface area contributed by atoms with Gasteiger partial charge in [0, 0.05) is 23.8 Å². The smallest absolute Gasteiger partial charge is 0.238 e. The number of benzene rings is 1. The van der Waals surface area contributed by atoms with Gasteiger partial charge in [0.15, 0.2) is 0 Å². The zero-order valence-corrected chi connectivity index (χ0v) is 14.8. The Morgan fingerprint density at radius 3 is 2.24 bits per heavy atom. The summed E-state index contributed by atoms with van der Waals surface area (Å²) in [4.78, 5) is 14.3. The van der Waals surface area contributed by atoms with Gasteiger partial charge in [-0.15, -0.1) is 12.4 Å². The number of hydrogen-bond donors (Lipinski definition) is 1. The number of amides is 1. The number of rotatable bonds is 7. The quantitative estimate of drug-likeness (QED) is 0.806. The molecule has 0 fully saturated rings. The molecule has 1 N–H and O–H groups in total. The summed E-state index contributed by atoms with van der Waals surface area (Å²) in [6.07, 6.45) is 0. The maximum Gasteiger partial charge on any atom is 0.238 e. The molecule has 0 saturated heterocycles. The van der Waals surface area contributed by atoms with Crippen LogP contribution in [0.25, 0.3) is 0 Å². The van der Waals surface area contributed by atoms with E-state index < -0.39 is 0 Å². The van der Waals surface area contributed by atoms with Gasteiger partial charge < -0.3 is 5.32 Å². The van der Waals surface area contributed by atoms with Gasteiger partial charge in [0.05, 0.1) is 6.54 Å². The molecule has 0 unspecified atom stereocenters. The molecule has 5 heteroatoms. The third-order valence-corrected chi connectivity index (χ3v) is 2.96. The molecule has 0 heterocycles. The number of carbonyl (C=O) groups is 1. The molecule has 0 aliphatic heterocycles. The van der Waals surface area contributed by atoms with Gasteiger partial charge in [0.1, 0.15) is 0 Å². The van der Waals surface area contributed by atoms with Gasteiger partial charge in [-0.3, -0.25) is 9.69 Å². The van der Waals surface area contributed by atoms with Gasteiger partial charge in [0.2, 0.25) is 5.91 Å². The predicted octanol–water partition coefficient (Wildman–Crippen LogP) is 4.31. The molecule has 1 amide bonds. The number of carbonyl (C=O) groups excluding carboxylic acids is 1.